The molecule has 0 spiro atoms. The van der Waals surface area contributed by atoms with E-state index in [2.05, 4.69) is 46.0 Å². The van der Waals surface area contributed by atoms with Gasteiger partial charge >= 0.3 is 0 Å². The molecule has 0 aromatic carbocycles. The molecule has 0 radical (unpaired) electrons. The van der Waals surface area contributed by atoms with Crippen LogP contribution in [0.25, 0.3) is 0 Å². The topological polar surface area (TPSA) is 29.5 Å². The van der Waals surface area contributed by atoms with Gasteiger partial charge in [0.25, 0.3) is 0 Å². The zero-order valence-electron chi connectivity index (χ0n) is 12.7. The Morgan fingerprint density at radius 2 is 1.72 bits per heavy atom. The van der Waals surface area contributed by atoms with Crippen LogP contribution < -0.4 is 0 Å². The second-order valence-electron chi connectivity index (χ2n) is 7.07. The molecule has 1 fully saturated rings. The third-order valence-electron chi connectivity index (χ3n) is 4.50. The van der Waals surface area contributed by atoms with Gasteiger partial charge in [0.05, 0.1) is 12.7 Å². The van der Waals surface area contributed by atoms with Crippen LogP contribution in [0, 0.1) is 5.92 Å². The molecule has 0 aromatic rings. The van der Waals surface area contributed by atoms with Crippen molar-refractivity contribution in [2.45, 2.75) is 70.7 Å². The van der Waals surface area contributed by atoms with Crippen molar-refractivity contribution in [2.24, 2.45) is 5.92 Å². The highest BCUT2D eigenvalue weighted by Gasteiger charge is 2.36. The number of aliphatic hydroxyl groups is 1. The Morgan fingerprint density at radius 3 is 2.22 bits per heavy atom. The molecule has 0 bridgehead atoms. The molecule has 0 unspecified atom stereocenters. The average molecular weight is 270 g/mol. The maximum absolute atomic E-state index is 9.45. The number of hydrogen-bond donors (Lipinski definition) is 1. The summed E-state index contributed by atoms with van der Waals surface area (Å²) in [5.41, 5.74) is 0. The third-order valence-corrected chi connectivity index (χ3v) is 9.00. The maximum atomic E-state index is 9.45. The Morgan fingerprint density at radius 1 is 1.17 bits per heavy atom. The Balaban J connectivity index is 2.29. The highest BCUT2D eigenvalue weighted by molar-refractivity contribution is 6.74. The third kappa shape index (κ3) is 4.86. The number of hydrogen-bond acceptors (Lipinski definition) is 2. The molecule has 1 saturated carbocycles. The molecule has 0 aromatic heterocycles. The van der Waals surface area contributed by atoms with E-state index in [0.29, 0.717) is 5.92 Å². The van der Waals surface area contributed by atoms with E-state index in [1.807, 2.05) is 0 Å². The van der Waals surface area contributed by atoms with Crippen molar-refractivity contribution in [3.8, 4) is 0 Å². The summed E-state index contributed by atoms with van der Waals surface area (Å²) in [6.45, 7) is 12.1. The minimum Gasteiger partial charge on any atom is -0.413 e. The first-order valence-electron chi connectivity index (χ1n) is 7.21. The molecule has 2 nitrogen and oxygen atoms in total. The molecule has 0 aliphatic heterocycles. The summed E-state index contributed by atoms with van der Waals surface area (Å²) in [6.07, 6.45) is 8.58. The van der Waals surface area contributed by atoms with Crippen LogP contribution in [-0.4, -0.2) is 26.1 Å². The molecule has 0 saturated heterocycles. The second-order valence-corrected chi connectivity index (χ2v) is 11.9. The largest absolute Gasteiger partial charge is 0.413 e. The summed E-state index contributed by atoms with van der Waals surface area (Å²) in [5, 5.41) is 9.74. The molecule has 106 valence electrons. The van der Waals surface area contributed by atoms with Gasteiger partial charge in [-0.05, 0) is 49.7 Å². The van der Waals surface area contributed by atoms with E-state index >= 15 is 0 Å². The van der Waals surface area contributed by atoms with Crippen LogP contribution in [-0.2, 0) is 4.43 Å². The van der Waals surface area contributed by atoms with Gasteiger partial charge in [0.2, 0.25) is 0 Å². The van der Waals surface area contributed by atoms with Crippen LogP contribution in [0.4, 0.5) is 0 Å². The van der Waals surface area contributed by atoms with Crippen molar-refractivity contribution in [1.29, 1.82) is 0 Å². The van der Waals surface area contributed by atoms with Gasteiger partial charge in [-0.2, -0.15) is 0 Å². The van der Waals surface area contributed by atoms with Gasteiger partial charge in [-0.25, -0.2) is 0 Å². The molecule has 1 aliphatic rings. The minimum absolute atomic E-state index is 0.0573. The van der Waals surface area contributed by atoms with Crippen LogP contribution in [0.15, 0.2) is 12.2 Å². The number of aliphatic hydroxyl groups excluding tert-OH is 1. The van der Waals surface area contributed by atoms with Crippen molar-refractivity contribution in [3.63, 3.8) is 0 Å². The van der Waals surface area contributed by atoms with E-state index in [-0.39, 0.29) is 11.1 Å². The summed E-state index contributed by atoms with van der Waals surface area (Å²) in [5.74, 6) is 0.649. The van der Waals surface area contributed by atoms with Crippen LogP contribution >= 0.6 is 0 Å². The van der Waals surface area contributed by atoms with Crippen molar-refractivity contribution in [3.05, 3.63) is 12.2 Å². The van der Waals surface area contributed by atoms with Gasteiger partial charge in [0.15, 0.2) is 8.32 Å². The summed E-state index contributed by atoms with van der Waals surface area (Å²) >= 11 is 0. The van der Waals surface area contributed by atoms with Gasteiger partial charge in [-0.15, -0.1) is 0 Å². The van der Waals surface area contributed by atoms with Crippen molar-refractivity contribution >= 4 is 8.32 Å². The lowest BCUT2D eigenvalue weighted by Crippen LogP contribution is -2.40. The van der Waals surface area contributed by atoms with E-state index in [1.165, 1.54) is 0 Å². The van der Waals surface area contributed by atoms with Gasteiger partial charge in [0, 0.05) is 0 Å². The maximum Gasteiger partial charge on any atom is 0.192 e. The standard InChI is InChI=1S/C15H30O2Si/c1-15(2,3)18(4,5)17-12-6-7-13-8-10-14(16)11-9-13/h6-7,13-14,16H,8-12H2,1-5H3. The highest BCUT2D eigenvalue weighted by atomic mass is 28.4. The number of allylic oxidation sites excluding steroid dienone is 1. The van der Waals surface area contributed by atoms with Crippen molar-refractivity contribution in [2.75, 3.05) is 6.61 Å². The Bertz CT molecular complexity index is 271. The molecular weight excluding hydrogens is 240 g/mol. The Hall–Kier alpha value is -0.123. The smallest absolute Gasteiger partial charge is 0.192 e. The van der Waals surface area contributed by atoms with Crippen LogP contribution in [0.3, 0.4) is 0 Å². The fourth-order valence-electron chi connectivity index (χ4n) is 2.02. The monoisotopic (exact) mass is 270 g/mol. The normalized spacial score (nSPS) is 26.8. The first kappa shape index (κ1) is 15.9. The van der Waals surface area contributed by atoms with E-state index in [1.54, 1.807) is 0 Å². The molecule has 0 heterocycles. The van der Waals surface area contributed by atoms with E-state index in [0.717, 1.165) is 32.3 Å². The Kier molecular flexibility index (Phi) is 5.62. The SMILES string of the molecule is CC(C)(C)[Si](C)(C)OCC=CC1CCC(O)CC1. The Labute approximate surface area is 114 Å². The summed E-state index contributed by atoms with van der Waals surface area (Å²) in [4.78, 5) is 0. The molecule has 1 rings (SSSR count). The quantitative estimate of drug-likeness (QED) is 0.615. The predicted octanol–water partition coefficient (Wildman–Crippen LogP) is 4.12. The predicted molar refractivity (Wildman–Crippen MR) is 80.3 cm³/mol. The summed E-state index contributed by atoms with van der Waals surface area (Å²) in [7, 11) is -1.59. The number of rotatable bonds is 4. The zero-order valence-corrected chi connectivity index (χ0v) is 13.7. The minimum atomic E-state index is -1.59. The molecule has 0 atom stereocenters. The molecule has 1 N–H and O–H groups in total. The first-order chi connectivity index (χ1) is 8.22. The van der Waals surface area contributed by atoms with Crippen molar-refractivity contribution < 1.29 is 9.53 Å². The van der Waals surface area contributed by atoms with E-state index in [4.69, 9.17) is 4.43 Å². The summed E-state index contributed by atoms with van der Waals surface area (Å²) < 4.78 is 6.11. The van der Waals surface area contributed by atoms with E-state index in [9.17, 15) is 5.11 Å². The van der Waals surface area contributed by atoms with Gasteiger partial charge in [0.1, 0.15) is 0 Å². The molecule has 0 amide bonds. The van der Waals surface area contributed by atoms with Gasteiger partial charge < -0.3 is 9.53 Å². The lowest BCUT2D eigenvalue weighted by Gasteiger charge is -2.35. The molecule has 18 heavy (non-hydrogen) atoms. The van der Waals surface area contributed by atoms with Gasteiger partial charge in [-0.3, -0.25) is 0 Å². The molecule has 3 heteroatoms. The first-order valence-corrected chi connectivity index (χ1v) is 10.1. The zero-order chi connectivity index (χ0) is 13.8. The van der Waals surface area contributed by atoms with Crippen molar-refractivity contribution in [1.82, 2.24) is 0 Å². The molecule has 1 aliphatic carbocycles. The summed E-state index contributed by atoms with van der Waals surface area (Å²) in [6, 6.07) is 0. The second kappa shape index (κ2) is 6.35. The van der Waals surface area contributed by atoms with Crippen LogP contribution in [0.2, 0.25) is 18.1 Å². The molecular formula is C15H30O2Si. The van der Waals surface area contributed by atoms with Gasteiger partial charge in [-0.1, -0.05) is 32.9 Å². The fourth-order valence-corrected chi connectivity index (χ4v) is 2.96. The van der Waals surface area contributed by atoms with Crippen LogP contribution in [0.1, 0.15) is 46.5 Å². The van der Waals surface area contributed by atoms with E-state index < -0.39 is 8.32 Å². The fraction of sp³-hybridized carbons (Fsp3) is 0.867. The highest BCUT2D eigenvalue weighted by Crippen LogP contribution is 2.36. The average Bonchev–Trinajstić information content (AvgIpc) is 2.25. The van der Waals surface area contributed by atoms with Crippen LogP contribution in [0.5, 0.6) is 0 Å². The lowest BCUT2D eigenvalue weighted by molar-refractivity contribution is 0.118. The lowest BCUT2D eigenvalue weighted by atomic mass is 9.87.